The summed E-state index contributed by atoms with van der Waals surface area (Å²) in [6.07, 6.45) is 2.32. The Hall–Kier alpha value is -0.120. The van der Waals surface area contributed by atoms with Crippen LogP contribution in [0.25, 0.3) is 0 Å². The smallest absolute Gasteiger partial charge is 0.166 e. The fourth-order valence-electron chi connectivity index (χ4n) is 1.62. The molecule has 4 N–H and O–H groups in total. The van der Waals surface area contributed by atoms with Crippen LogP contribution in [0.5, 0.6) is 0 Å². The van der Waals surface area contributed by atoms with Gasteiger partial charge in [0.1, 0.15) is 12.1 Å². The first-order valence-electron chi connectivity index (χ1n) is 4.42. The van der Waals surface area contributed by atoms with E-state index in [4.69, 9.17) is 10.5 Å². The van der Waals surface area contributed by atoms with Crippen LogP contribution < -0.4 is 11.1 Å². The Kier molecular flexibility index (Phi) is 2.87. The molecule has 1 rings (SSSR count). The summed E-state index contributed by atoms with van der Waals surface area (Å²) in [6, 6.07) is 0. The van der Waals surface area contributed by atoms with E-state index in [1.807, 2.05) is 0 Å². The average molecular weight is 159 g/mol. The third-order valence-corrected chi connectivity index (χ3v) is 2.42. The van der Waals surface area contributed by atoms with E-state index in [-0.39, 0.29) is 11.8 Å². The molecule has 3 nitrogen and oxygen atoms in total. The van der Waals surface area contributed by atoms with Gasteiger partial charge < -0.3 is 10.1 Å². The third-order valence-electron chi connectivity index (χ3n) is 2.42. The molecule has 0 aromatic rings. The second kappa shape index (κ2) is 3.52. The minimum absolute atomic E-state index is 0.0903. The Balaban J connectivity index is 2.49. The normalized spacial score (nSPS) is 39.0. The molecule has 1 heterocycles. The highest BCUT2D eigenvalue weighted by atomic mass is 16.5. The molecule has 0 aliphatic carbocycles. The van der Waals surface area contributed by atoms with Crippen LogP contribution in [0.1, 0.15) is 26.7 Å². The largest absolute Gasteiger partial charge is 0.362 e. The molecule has 0 radical (unpaired) electrons. The average Bonchev–Trinajstić information content (AvgIpc) is 1.96. The molecule has 3 heteroatoms. The van der Waals surface area contributed by atoms with Gasteiger partial charge in [0.05, 0.1) is 6.61 Å². The summed E-state index contributed by atoms with van der Waals surface area (Å²) < 4.78 is 5.66. The highest BCUT2D eigenvalue weighted by Crippen LogP contribution is 2.19. The first-order valence-corrected chi connectivity index (χ1v) is 4.42. The van der Waals surface area contributed by atoms with Crippen molar-refractivity contribution >= 4 is 0 Å². The van der Waals surface area contributed by atoms with Gasteiger partial charge in [-0.25, -0.2) is 0 Å². The number of hydrogen-bond acceptors (Lipinski definition) is 2. The number of ether oxygens (including phenoxy) is 1. The molecule has 1 fully saturated rings. The van der Waals surface area contributed by atoms with Crippen LogP contribution in [0.4, 0.5) is 0 Å². The SMILES string of the molecule is CCCC1(C)OCC[NH2+]C1N. The maximum absolute atomic E-state index is 5.92. The van der Waals surface area contributed by atoms with Crippen molar-refractivity contribution < 1.29 is 10.1 Å². The predicted molar refractivity (Wildman–Crippen MR) is 44.0 cm³/mol. The van der Waals surface area contributed by atoms with Crippen LogP contribution in [-0.4, -0.2) is 24.9 Å². The molecule has 2 atom stereocenters. The second-order valence-electron chi connectivity index (χ2n) is 3.46. The molecule has 0 saturated carbocycles. The van der Waals surface area contributed by atoms with Gasteiger partial charge in [-0.3, -0.25) is 5.73 Å². The van der Waals surface area contributed by atoms with Crippen molar-refractivity contribution in [2.75, 3.05) is 13.2 Å². The number of rotatable bonds is 2. The van der Waals surface area contributed by atoms with E-state index in [1.165, 1.54) is 0 Å². The van der Waals surface area contributed by atoms with Gasteiger partial charge in [0.15, 0.2) is 6.17 Å². The van der Waals surface area contributed by atoms with E-state index >= 15 is 0 Å². The maximum atomic E-state index is 5.92. The fraction of sp³-hybridized carbons (Fsp3) is 1.00. The molecule has 1 aliphatic rings. The molecule has 66 valence electrons. The summed E-state index contributed by atoms with van der Waals surface area (Å²) in [6.45, 7) is 6.11. The van der Waals surface area contributed by atoms with E-state index in [9.17, 15) is 0 Å². The molecule has 0 bridgehead atoms. The molecular weight excluding hydrogens is 140 g/mol. The monoisotopic (exact) mass is 159 g/mol. The minimum Gasteiger partial charge on any atom is -0.362 e. The summed E-state index contributed by atoms with van der Waals surface area (Å²) in [5.41, 5.74) is 5.83. The van der Waals surface area contributed by atoms with Crippen molar-refractivity contribution in [3.63, 3.8) is 0 Å². The summed E-state index contributed by atoms with van der Waals surface area (Å²) in [4.78, 5) is 0. The molecular formula is C8H19N2O+. The van der Waals surface area contributed by atoms with Crippen LogP contribution >= 0.6 is 0 Å². The van der Waals surface area contributed by atoms with Gasteiger partial charge in [0, 0.05) is 0 Å². The van der Waals surface area contributed by atoms with Gasteiger partial charge in [-0.1, -0.05) is 13.3 Å². The Bertz CT molecular complexity index is 125. The summed E-state index contributed by atoms with van der Waals surface area (Å²) >= 11 is 0. The zero-order chi connectivity index (χ0) is 8.32. The highest BCUT2D eigenvalue weighted by Gasteiger charge is 2.37. The molecule has 1 aliphatic heterocycles. The Morgan fingerprint density at radius 3 is 3.00 bits per heavy atom. The summed E-state index contributed by atoms with van der Waals surface area (Å²) in [5.74, 6) is 0. The molecule has 0 spiro atoms. The summed E-state index contributed by atoms with van der Waals surface area (Å²) in [7, 11) is 0. The quantitative estimate of drug-likeness (QED) is 0.566. The third kappa shape index (κ3) is 1.92. The van der Waals surface area contributed by atoms with Crippen molar-refractivity contribution in [2.45, 2.75) is 38.5 Å². The maximum Gasteiger partial charge on any atom is 0.166 e. The van der Waals surface area contributed by atoms with E-state index in [1.54, 1.807) is 0 Å². The topological polar surface area (TPSA) is 51.9 Å². The van der Waals surface area contributed by atoms with E-state index in [0.29, 0.717) is 0 Å². The molecule has 0 amide bonds. The lowest BCUT2D eigenvalue weighted by Gasteiger charge is -2.36. The van der Waals surface area contributed by atoms with Crippen molar-refractivity contribution in [1.29, 1.82) is 0 Å². The number of hydrogen-bond donors (Lipinski definition) is 2. The van der Waals surface area contributed by atoms with E-state index in [2.05, 4.69) is 19.2 Å². The minimum atomic E-state index is -0.0903. The van der Waals surface area contributed by atoms with Gasteiger partial charge in [-0.05, 0) is 13.3 Å². The van der Waals surface area contributed by atoms with Crippen molar-refractivity contribution in [1.82, 2.24) is 0 Å². The van der Waals surface area contributed by atoms with Crippen molar-refractivity contribution in [3.8, 4) is 0 Å². The Labute approximate surface area is 68.3 Å². The van der Waals surface area contributed by atoms with E-state index < -0.39 is 0 Å². The lowest BCUT2D eigenvalue weighted by atomic mass is 9.95. The first-order chi connectivity index (χ1) is 5.19. The highest BCUT2D eigenvalue weighted by molar-refractivity contribution is 4.80. The Morgan fingerprint density at radius 2 is 2.45 bits per heavy atom. The molecule has 11 heavy (non-hydrogen) atoms. The number of quaternary nitrogens is 1. The molecule has 0 aromatic carbocycles. The van der Waals surface area contributed by atoms with Crippen LogP contribution in [-0.2, 0) is 4.74 Å². The van der Waals surface area contributed by atoms with Gasteiger partial charge in [-0.15, -0.1) is 0 Å². The molecule has 2 unspecified atom stereocenters. The standard InChI is InChI=1S/C8H18N2O/c1-3-4-8(2)7(9)10-5-6-11-8/h7,10H,3-6,9H2,1-2H3/p+1. The predicted octanol–water partition coefficient (Wildman–Crippen LogP) is -0.576. The van der Waals surface area contributed by atoms with Gasteiger partial charge >= 0.3 is 0 Å². The van der Waals surface area contributed by atoms with Crippen molar-refractivity contribution in [3.05, 3.63) is 0 Å². The lowest BCUT2D eigenvalue weighted by Crippen LogP contribution is -3.00. The zero-order valence-electron chi connectivity index (χ0n) is 7.47. The second-order valence-corrected chi connectivity index (χ2v) is 3.46. The van der Waals surface area contributed by atoms with Crippen LogP contribution in [0.3, 0.4) is 0 Å². The van der Waals surface area contributed by atoms with Crippen LogP contribution in [0.15, 0.2) is 0 Å². The molecule has 0 aromatic heterocycles. The van der Waals surface area contributed by atoms with Crippen LogP contribution in [0.2, 0.25) is 0 Å². The number of nitrogens with two attached hydrogens (primary N) is 2. The van der Waals surface area contributed by atoms with E-state index in [0.717, 1.165) is 26.0 Å². The number of morpholine rings is 1. The van der Waals surface area contributed by atoms with Gasteiger partial charge in [0.2, 0.25) is 0 Å². The Morgan fingerprint density at radius 1 is 1.73 bits per heavy atom. The zero-order valence-corrected chi connectivity index (χ0v) is 7.47. The lowest BCUT2D eigenvalue weighted by molar-refractivity contribution is -0.720. The fourth-order valence-corrected chi connectivity index (χ4v) is 1.62. The van der Waals surface area contributed by atoms with Crippen LogP contribution in [0, 0.1) is 0 Å². The summed E-state index contributed by atoms with van der Waals surface area (Å²) in [5, 5.41) is 2.17. The molecule has 1 saturated heterocycles. The van der Waals surface area contributed by atoms with Gasteiger partial charge in [0.25, 0.3) is 0 Å². The first kappa shape index (κ1) is 8.97. The van der Waals surface area contributed by atoms with Crippen molar-refractivity contribution in [2.24, 2.45) is 5.73 Å². The van der Waals surface area contributed by atoms with Gasteiger partial charge in [-0.2, -0.15) is 0 Å².